The summed E-state index contributed by atoms with van der Waals surface area (Å²) in [6.07, 6.45) is 11.1. The van der Waals surface area contributed by atoms with E-state index >= 15 is 4.39 Å². The molecule has 35 heavy (non-hydrogen) atoms. The van der Waals surface area contributed by atoms with Crippen molar-refractivity contribution in [3.8, 4) is 17.0 Å². The molecule has 0 fully saturated rings. The molecule has 1 aliphatic heterocycles. The van der Waals surface area contributed by atoms with Crippen LogP contribution in [0.4, 0.5) is 10.2 Å². The number of unbranched alkanes of at least 4 members (excludes halogenated alkanes) is 4. The van der Waals surface area contributed by atoms with Crippen LogP contribution in [0.3, 0.4) is 0 Å². The van der Waals surface area contributed by atoms with Crippen molar-refractivity contribution in [1.82, 2.24) is 9.97 Å². The zero-order valence-electron chi connectivity index (χ0n) is 20.8. The normalized spacial score (nSPS) is 15.8. The summed E-state index contributed by atoms with van der Waals surface area (Å²) in [7, 11) is 1.52. The van der Waals surface area contributed by atoms with E-state index in [-0.39, 0.29) is 17.9 Å². The number of nitrogens with zero attached hydrogens (tertiary/aromatic N) is 3. The van der Waals surface area contributed by atoms with Gasteiger partial charge in [-0.15, -0.1) is 0 Å². The summed E-state index contributed by atoms with van der Waals surface area (Å²) in [5, 5.41) is 0. The van der Waals surface area contributed by atoms with Crippen molar-refractivity contribution >= 4 is 11.7 Å². The minimum Gasteiger partial charge on any atom is -0.496 e. The molecule has 3 heterocycles. The lowest BCUT2D eigenvalue weighted by atomic mass is 9.84. The highest BCUT2D eigenvalue weighted by atomic mass is 19.1. The molecule has 1 aliphatic rings. The number of halogens is 1. The molecular formula is C29H34FN3O2. The van der Waals surface area contributed by atoms with Crippen molar-refractivity contribution in [3.05, 3.63) is 71.8 Å². The Morgan fingerprint density at radius 3 is 2.54 bits per heavy atom. The molecule has 1 aromatic carbocycles. The molecular weight excluding hydrogens is 441 g/mol. The monoisotopic (exact) mass is 475 g/mol. The van der Waals surface area contributed by atoms with E-state index in [4.69, 9.17) is 4.74 Å². The minimum atomic E-state index is -0.416. The van der Waals surface area contributed by atoms with Crippen LogP contribution in [0.15, 0.2) is 54.9 Å². The first kappa shape index (κ1) is 24.8. The molecule has 0 saturated carbocycles. The van der Waals surface area contributed by atoms with Crippen LogP contribution >= 0.6 is 0 Å². The molecule has 3 aromatic rings. The number of benzene rings is 1. The lowest BCUT2D eigenvalue weighted by molar-refractivity contribution is 0.0983. The number of hydrogen-bond donors (Lipinski definition) is 0. The van der Waals surface area contributed by atoms with Gasteiger partial charge in [-0.2, -0.15) is 0 Å². The molecule has 0 N–H and O–H groups in total. The Bertz CT molecular complexity index is 1150. The zero-order chi connectivity index (χ0) is 24.8. The zero-order valence-corrected chi connectivity index (χ0v) is 20.8. The number of pyridine rings is 2. The second-order valence-electron chi connectivity index (χ2n) is 9.12. The largest absolute Gasteiger partial charge is 0.496 e. The number of fused-ring (bicyclic) bond motifs is 1. The van der Waals surface area contributed by atoms with Crippen LogP contribution in [-0.2, 0) is 0 Å². The molecule has 0 radical (unpaired) electrons. The molecule has 5 nitrogen and oxygen atoms in total. The van der Waals surface area contributed by atoms with E-state index in [2.05, 4.69) is 23.8 Å². The maximum Gasteiger partial charge on any atom is 0.260 e. The lowest BCUT2D eigenvalue weighted by Gasteiger charge is -2.32. The summed E-state index contributed by atoms with van der Waals surface area (Å²) in [4.78, 5) is 24.7. The number of methoxy groups -OCH3 is 1. The van der Waals surface area contributed by atoms with Gasteiger partial charge in [0.05, 0.1) is 24.4 Å². The number of carbonyl (C=O) groups is 1. The van der Waals surface area contributed by atoms with E-state index in [1.807, 2.05) is 18.2 Å². The first-order valence-electron chi connectivity index (χ1n) is 12.7. The van der Waals surface area contributed by atoms with E-state index < -0.39 is 5.82 Å². The standard InChI is InChI=1S/C29H34FN3O2/c1-4-6-7-8-9-13-20(5-2)28-25-21(29(34)33(28)24-16-10-11-18-31-24)17-19-32-27(25)26-22(30)14-12-15-23(26)35-3/h10-12,14-20,28H,4-9,13H2,1-3H3. The topological polar surface area (TPSA) is 55.3 Å². The molecule has 184 valence electrons. The number of carbonyl (C=O) groups excluding carboxylic acids is 1. The fourth-order valence-corrected chi connectivity index (χ4v) is 5.23. The Balaban J connectivity index is 1.84. The Hall–Kier alpha value is -3.28. The highest BCUT2D eigenvalue weighted by Gasteiger charge is 2.44. The van der Waals surface area contributed by atoms with Crippen molar-refractivity contribution in [2.24, 2.45) is 5.92 Å². The predicted molar refractivity (Wildman–Crippen MR) is 137 cm³/mol. The van der Waals surface area contributed by atoms with Gasteiger partial charge in [0.25, 0.3) is 5.91 Å². The van der Waals surface area contributed by atoms with E-state index in [9.17, 15) is 4.79 Å². The van der Waals surface area contributed by atoms with E-state index in [0.29, 0.717) is 28.4 Å². The maximum atomic E-state index is 15.2. The van der Waals surface area contributed by atoms with Crippen LogP contribution in [0.1, 0.15) is 80.8 Å². The summed E-state index contributed by atoms with van der Waals surface area (Å²) in [6.45, 7) is 4.38. The van der Waals surface area contributed by atoms with Crippen molar-refractivity contribution in [2.45, 2.75) is 64.8 Å². The van der Waals surface area contributed by atoms with Gasteiger partial charge in [0.1, 0.15) is 17.4 Å². The number of amides is 1. The molecule has 0 aliphatic carbocycles. The summed E-state index contributed by atoms with van der Waals surface area (Å²) < 4.78 is 20.7. The van der Waals surface area contributed by atoms with Crippen molar-refractivity contribution in [2.75, 3.05) is 12.0 Å². The first-order chi connectivity index (χ1) is 17.1. The molecule has 0 spiro atoms. The first-order valence-corrected chi connectivity index (χ1v) is 12.7. The summed E-state index contributed by atoms with van der Waals surface area (Å²) in [6, 6.07) is 11.8. The fraction of sp³-hybridized carbons (Fsp3) is 0.414. The Morgan fingerprint density at radius 2 is 1.83 bits per heavy atom. The second kappa shape index (κ2) is 11.4. The van der Waals surface area contributed by atoms with Crippen LogP contribution in [0.25, 0.3) is 11.3 Å². The van der Waals surface area contributed by atoms with Crippen molar-refractivity contribution < 1.29 is 13.9 Å². The number of anilines is 1. The SMILES string of the molecule is CCCCCCCC(CC)C1c2c(ccnc2-c2c(F)cccc2OC)C(=O)N1c1ccccn1. The Labute approximate surface area is 207 Å². The predicted octanol–water partition coefficient (Wildman–Crippen LogP) is 7.38. The Morgan fingerprint density at radius 1 is 1.00 bits per heavy atom. The number of aromatic nitrogens is 2. The molecule has 0 saturated heterocycles. The van der Waals surface area contributed by atoms with Crippen molar-refractivity contribution in [1.29, 1.82) is 0 Å². The molecule has 0 bridgehead atoms. The summed E-state index contributed by atoms with van der Waals surface area (Å²) in [5.74, 6) is 0.660. The van der Waals surface area contributed by atoms with Gasteiger partial charge in [0.2, 0.25) is 0 Å². The van der Waals surface area contributed by atoms with E-state index in [1.54, 1.807) is 35.5 Å². The quantitative estimate of drug-likeness (QED) is 0.272. The highest BCUT2D eigenvalue weighted by Crippen LogP contribution is 2.48. The molecule has 6 heteroatoms. The average molecular weight is 476 g/mol. The molecule has 2 atom stereocenters. The van der Waals surface area contributed by atoms with Gasteiger partial charge in [-0.3, -0.25) is 14.7 Å². The van der Waals surface area contributed by atoms with Crippen LogP contribution in [-0.4, -0.2) is 23.0 Å². The third kappa shape index (κ3) is 4.93. The van der Waals surface area contributed by atoms with Crippen LogP contribution < -0.4 is 9.64 Å². The van der Waals surface area contributed by atoms with Gasteiger partial charge in [-0.25, -0.2) is 9.37 Å². The van der Waals surface area contributed by atoms with Crippen molar-refractivity contribution in [3.63, 3.8) is 0 Å². The number of ether oxygens (including phenoxy) is 1. The second-order valence-corrected chi connectivity index (χ2v) is 9.12. The van der Waals surface area contributed by atoms with Gasteiger partial charge in [-0.05, 0) is 42.7 Å². The summed E-state index contributed by atoms with van der Waals surface area (Å²) in [5.41, 5.74) is 2.09. The molecule has 1 amide bonds. The van der Waals surface area contributed by atoms with Crippen LogP contribution in [0.5, 0.6) is 5.75 Å². The third-order valence-electron chi connectivity index (χ3n) is 6.99. The van der Waals surface area contributed by atoms with Gasteiger partial charge in [-0.1, -0.05) is 64.5 Å². The fourth-order valence-electron chi connectivity index (χ4n) is 5.23. The van der Waals surface area contributed by atoms with E-state index in [0.717, 1.165) is 24.8 Å². The van der Waals surface area contributed by atoms with Crippen LogP contribution in [0, 0.1) is 11.7 Å². The van der Waals surface area contributed by atoms with Gasteiger partial charge >= 0.3 is 0 Å². The smallest absolute Gasteiger partial charge is 0.260 e. The molecule has 4 rings (SSSR count). The minimum absolute atomic E-state index is 0.118. The number of rotatable bonds is 11. The number of hydrogen-bond acceptors (Lipinski definition) is 4. The molecule has 2 aromatic heterocycles. The Kier molecular flexibility index (Phi) is 8.11. The highest BCUT2D eigenvalue weighted by molar-refractivity contribution is 6.12. The summed E-state index contributed by atoms with van der Waals surface area (Å²) >= 11 is 0. The molecule has 2 unspecified atom stereocenters. The van der Waals surface area contributed by atoms with Gasteiger partial charge < -0.3 is 4.74 Å². The van der Waals surface area contributed by atoms with Crippen LogP contribution in [0.2, 0.25) is 0 Å². The lowest BCUT2D eigenvalue weighted by Crippen LogP contribution is -2.33. The maximum absolute atomic E-state index is 15.2. The third-order valence-corrected chi connectivity index (χ3v) is 6.99. The van der Waals surface area contributed by atoms with E-state index in [1.165, 1.54) is 38.9 Å². The van der Waals surface area contributed by atoms with Gasteiger partial charge in [0.15, 0.2) is 0 Å². The van der Waals surface area contributed by atoms with Gasteiger partial charge in [0, 0.05) is 23.5 Å². The average Bonchev–Trinajstić information content (AvgIpc) is 3.19.